The normalized spacial score (nSPS) is 14.2. The first-order valence-corrected chi connectivity index (χ1v) is 10.1. The molecule has 0 radical (unpaired) electrons. The van der Waals surface area contributed by atoms with Crippen LogP contribution in [0.1, 0.15) is 30.1 Å². The van der Waals surface area contributed by atoms with Crippen LogP contribution in [-0.2, 0) is 4.79 Å². The molecule has 0 N–H and O–H groups in total. The summed E-state index contributed by atoms with van der Waals surface area (Å²) in [5.74, 6) is 1.59. The number of amides is 2. The molecule has 6 nitrogen and oxygen atoms in total. The van der Waals surface area contributed by atoms with Crippen LogP contribution in [0.5, 0.6) is 11.5 Å². The highest BCUT2D eigenvalue weighted by atomic mass is 16.5. The third-order valence-electron chi connectivity index (χ3n) is 4.88. The van der Waals surface area contributed by atoms with Gasteiger partial charge in [0.1, 0.15) is 11.5 Å². The van der Waals surface area contributed by atoms with E-state index in [1.54, 1.807) is 12.1 Å². The minimum Gasteiger partial charge on any atom is -0.494 e. The lowest BCUT2D eigenvalue weighted by Gasteiger charge is -2.22. The molecular formula is C23H28N2O4. The molecule has 0 aliphatic carbocycles. The first kappa shape index (κ1) is 20.7. The van der Waals surface area contributed by atoms with Crippen molar-refractivity contribution in [1.82, 2.24) is 9.80 Å². The van der Waals surface area contributed by atoms with Gasteiger partial charge in [0.05, 0.1) is 19.6 Å². The van der Waals surface area contributed by atoms with Gasteiger partial charge in [0.25, 0.3) is 5.91 Å². The summed E-state index contributed by atoms with van der Waals surface area (Å²) in [6.07, 6.45) is 1.11. The van der Waals surface area contributed by atoms with E-state index >= 15 is 0 Å². The molecule has 0 atom stereocenters. The van der Waals surface area contributed by atoms with Crippen molar-refractivity contribution in [2.24, 2.45) is 0 Å². The van der Waals surface area contributed by atoms with Gasteiger partial charge in [-0.2, -0.15) is 0 Å². The van der Waals surface area contributed by atoms with E-state index in [-0.39, 0.29) is 11.8 Å². The maximum absolute atomic E-state index is 12.8. The molecule has 29 heavy (non-hydrogen) atoms. The van der Waals surface area contributed by atoms with Crippen LogP contribution >= 0.6 is 0 Å². The summed E-state index contributed by atoms with van der Waals surface area (Å²) in [6, 6.07) is 16.7. The van der Waals surface area contributed by atoms with E-state index in [0.717, 1.165) is 17.9 Å². The van der Waals surface area contributed by atoms with Crippen LogP contribution in [0.3, 0.4) is 0 Å². The lowest BCUT2D eigenvalue weighted by Crippen LogP contribution is -2.37. The second-order valence-electron chi connectivity index (χ2n) is 6.90. The Balaban J connectivity index is 1.47. The molecule has 1 heterocycles. The van der Waals surface area contributed by atoms with Gasteiger partial charge in [-0.1, -0.05) is 18.2 Å². The van der Waals surface area contributed by atoms with Crippen LogP contribution in [0, 0.1) is 0 Å². The lowest BCUT2D eigenvalue weighted by atomic mass is 10.2. The molecule has 1 fully saturated rings. The lowest BCUT2D eigenvalue weighted by molar-refractivity contribution is -0.131. The van der Waals surface area contributed by atoms with Crippen LogP contribution in [-0.4, -0.2) is 61.0 Å². The Morgan fingerprint density at radius 3 is 2.21 bits per heavy atom. The summed E-state index contributed by atoms with van der Waals surface area (Å²) < 4.78 is 11.0. The van der Waals surface area contributed by atoms with Crippen LogP contribution < -0.4 is 9.47 Å². The number of hydrogen-bond donors (Lipinski definition) is 0. The molecule has 0 bridgehead atoms. The van der Waals surface area contributed by atoms with Crippen molar-refractivity contribution in [3.05, 3.63) is 60.2 Å². The third kappa shape index (κ3) is 5.98. The number of rotatable bonds is 7. The van der Waals surface area contributed by atoms with Gasteiger partial charge in [-0.15, -0.1) is 0 Å². The minimum absolute atomic E-state index is 0.00485. The fourth-order valence-corrected chi connectivity index (χ4v) is 3.34. The second kappa shape index (κ2) is 10.5. The van der Waals surface area contributed by atoms with E-state index in [9.17, 15) is 9.59 Å². The van der Waals surface area contributed by atoms with Crippen molar-refractivity contribution in [1.29, 1.82) is 0 Å². The molecule has 0 unspecified atom stereocenters. The molecule has 1 saturated heterocycles. The van der Waals surface area contributed by atoms with Gasteiger partial charge >= 0.3 is 0 Å². The molecule has 2 amide bonds. The summed E-state index contributed by atoms with van der Waals surface area (Å²) in [4.78, 5) is 29.0. The van der Waals surface area contributed by atoms with Crippen molar-refractivity contribution < 1.29 is 19.1 Å². The highest BCUT2D eigenvalue weighted by molar-refractivity contribution is 5.94. The Bertz CT molecular complexity index is 792. The molecule has 6 heteroatoms. The molecule has 0 spiro atoms. The predicted molar refractivity (Wildman–Crippen MR) is 111 cm³/mol. The molecule has 3 rings (SSSR count). The zero-order chi connectivity index (χ0) is 20.5. The van der Waals surface area contributed by atoms with E-state index in [2.05, 4.69) is 0 Å². The Labute approximate surface area is 172 Å². The van der Waals surface area contributed by atoms with Gasteiger partial charge in [0.15, 0.2) is 0 Å². The summed E-state index contributed by atoms with van der Waals surface area (Å²) in [6.45, 7) is 5.28. The maximum Gasteiger partial charge on any atom is 0.253 e. The van der Waals surface area contributed by atoms with Gasteiger partial charge in [-0.3, -0.25) is 9.59 Å². The second-order valence-corrected chi connectivity index (χ2v) is 6.90. The molecule has 0 aromatic heterocycles. The van der Waals surface area contributed by atoms with Crippen molar-refractivity contribution >= 4 is 11.8 Å². The molecule has 1 aliphatic rings. The average molecular weight is 396 g/mol. The number of carbonyl (C=O) groups is 2. The summed E-state index contributed by atoms with van der Waals surface area (Å²) >= 11 is 0. The first-order chi connectivity index (χ1) is 14.2. The van der Waals surface area contributed by atoms with Crippen LogP contribution in [0.4, 0.5) is 0 Å². The number of benzene rings is 2. The van der Waals surface area contributed by atoms with E-state index < -0.39 is 0 Å². The minimum atomic E-state index is -0.00485. The van der Waals surface area contributed by atoms with E-state index in [1.165, 1.54) is 0 Å². The van der Waals surface area contributed by atoms with Gasteiger partial charge in [0, 0.05) is 31.7 Å². The largest absolute Gasteiger partial charge is 0.494 e. The topological polar surface area (TPSA) is 59.1 Å². The third-order valence-corrected chi connectivity index (χ3v) is 4.88. The molecule has 154 valence electrons. The number of hydrogen-bond acceptors (Lipinski definition) is 4. The first-order valence-electron chi connectivity index (χ1n) is 10.1. The maximum atomic E-state index is 12.8. The van der Waals surface area contributed by atoms with E-state index in [0.29, 0.717) is 51.4 Å². The van der Waals surface area contributed by atoms with Gasteiger partial charge < -0.3 is 19.3 Å². The number of ether oxygens (including phenoxy) is 2. The molecule has 1 aliphatic heterocycles. The summed E-state index contributed by atoms with van der Waals surface area (Å²) in [7, 11) is 0. The molecule has 2 aromatic carbocycles. The standard InChI is InChI=1S/C23H28N2O4/c1-2-28-21-11-9-19(10-12-21)23(27)25-15-6-14-24(16-17-25)22(26)13-18-29-20-7-4-3-5-8-20/h3-5,7-12H,2,6,13-18H2,1H3. The highest BCUT2D eigenvalue weighted by Gasteiger charge is 2.22. The smallest absolute Gasteiger partial charge is 0.253 e. The number of para-hydroxylation sites is 1. The van der Waals surface area contributed by atoms with Gasteiger partial charge in [-0.05, 0) is 49.7 Å². The van der Waals surface area contributed by atoms with Crippen LogP contribution in [0.2, 0.25) is 0 Å². The average Bonchev–Trinajstić information content (AvgIpc) is 3.01. The van der Waals surface area contributed by atoms with E-state index in [4.69, 9.17) is 9.47 Å². The fraction of sp³-hybridized carbons (Fsp3) is 0.391. The van der Waals surface area contributed by atoms with Crippen molar-refractivity contribution in [2.75, 3.05) is 39.4 Å². The Morgan fingerprint density at radius 1 is 0.828 bits per heavy atom. The van der Waals surface area contributed by atoms with Crippen molar-refractivity contribution in [2.45, 2.75) is 19.8 Å². The summed E-state index contributed by atoms with van der Waals surface area (Å²) in [5.41, 5.74) is 0.643. The van der Waals surface area contributed by atoms with Gasteiger partial charge in [0.2, 0.25) is 5.91 Å². The van der Waals surface area contributed by atoms with Crippen LogP contribution in [0.15, 0.2) is 54.6 Å². The zero-order valence-electron chi connectivity index (χ0n) is 16.9. The highest BCUT2D eigenvalue weighted by Crippen LogP contribution is 2.15. The SMILES string of the molecule is CCOc1ccc(C(=O)N2CCCN(C(=O)CCOc3ccccc3)CC2)cc1. The fourth-order valence-electron chi connectivity index (χ4n) is 3.34. The quantitative estimate of drug-likeness (QED) is 0.721. The number of nitrogens with zero attached hydrogens (tertiary/aromatic N) is 2. The van der Waals surface area contributed by atoms with Crippen molar-refractivity contribution in [3.63, 3.8) is 0 Å². The van der Waals surface area contributed by atoms with Gasteiger partial charge in [-0.25, -0.2) is 0 Å². The Morgan fingerprint density at radius 2 is 1.48 bits per heavy atom. The number of carbonyl (C=O) groups excluding carboxylic acids is 2. The van der Waals surface area contributed by atoms with Crippen molar-refractivity contribution in [3.8, 4) is 11.5 Å². The molecular weight excluding hydrogens is 368 g/mol. The molecule has 2 aromatic rings. The summed E-state index contributed by atoms with van der Waals surface area (Å²) in [5, 5.41) is 0. The monoisotopic (exact) mass is 396 g/mol. The Kier molecular flexibility index (Phi) is 7.50. The molecule has 0 saturated carbocycles. The van der Waals surface area contributed by atoms with E-state index in [1.807, 2.05) is 59.2 Å². The predicted octanol–water partition coefficient (Wildman–Crippen LogP) is 3.23. The Hall–Kier alpha value is -3.02. The zero-order valence-corrected chi connectivity index (χ0v) is 16.9. The van der Waals surface area contributed by atoms with Crippen LogP contribution in [0.25, 0.3) is 0 Å².